The van der Waals surface area contributed by atoms with Crippen molar-refractivity contribution in [2.45, 2.75) is 87.3 Å². The third-order valence-corrected chi connectivity index (χ3v) is 4.94. The number of ether oxygens (including phenoxy) is 5. The minimum atomic E-state index is -1.13. The zero-order valence-electron chi connectivity index (χ0n) is 25.1. The summed E-state index contributed by atoms with van der Waals surface area (Å²) in [6.45, 7) is 17.1. The van der Waals surface area contributed by atoms with Gasteiger partial charge in [-0.25, -0.2) is 9.59 Å². The first-order chi connectivity index (χ1) is 18.3. The number of hydrogen-bond donors (Lipinski definition) is 2. The smallest absolute Gasteiger partial charge is 0.480 e. The van der Waals surface area contributed by atoms with Gasteiger partial charge < -0.3 is 34.1 Å². The molecule has 11 nitrogen and oxygen atoms in total. The predicted octanol–water partition coefficient (Wildman–Crippen LogP) is 5.37. The molecule has 1 aromatic carbocycles. The number of benzene rings is 1. The van der Waals surface area contributed by atoms with Crippen LogP contribution >= 0.6 is 0 Å². The second-order valence-electron chi connectivity index (χ2n) is 12.6. The molecule has 0 amide bonds. The number of esters is 1. The van der Waals surface area contributed by atoms with E-state index in [-0.39, 0.29) is 66.8 Å². The van der Waals surface area contributed by atoms with Crippen LogP contribution in [0.4, 0.5) is 9.59 Å². The van der Waals surface area contributed by atoms with Crippen LogP contribution < -0.4 is 14.8 Å². The number of carboxylic acids is 1. The summed E-state index contributed by atoms with van der Waals surface area (Å²) in [5.41, 5.74) is -0.127. The van der Waals surface area contributed by atoms with Gasteiger partial charge in [-0.05, 0) is 47.8 Å². The van der Waals surface area contributed by atoms with Gasteiger partial charge in [0.25, 0.3) is 0 Å². The van der Waals surface area contributed by atoms with Crippen LogP contribution in [0, 0.1) is 16.7 Å². The van der Waals surface area contributed by atoms with Gasteiger partial charge in [-0.1, -0.05) is 61.5 Å². The summed E-state index contributed by atoms with van der Waals surface area (Å²) < 4.78 is 26.2. The first-order valence-electron chi connectivity index (χ1n) is 13.3. The summed E-state index contributed by atoms with van der Waals surface area (Å²) >= 11 is 0. The highest BCUT2D eigenvalue weighted by atomic mass is 16.7. The molecule has 0 aromatic heterocycles. The summed E-state index contributed by atoms with van der Waals surface area (Å²) in [6.07, 6.45) is -2.28. The van der Waals surface area contributed by atoms with Crippen LogP contribution in [0.2, 0.25) is 0 Å². The SMILES string of the molecule is CC(C)CC(=O)OC(C)CN[C@@H](Cc1ccc(OC(=O)OCC(C)(C)C)c(OC(=O)OCC(C)(C)C)c1)C(=O)O. The largest absolute Gasteiger partial charge is 0.513 e. The molecule has 2 N–H and O–H groups in total. The number of carboxylic acid groups (broad SMARTS) is 1. The van der Waals surface area contributed by atoms with Crippen molar-refractivity contribution in [2.75, 3.05) is 19.8 Å². The van der Waals surface area contributed by atoms with Gasteiger partial charge >= 0.3 is 24.2 Å². The highest BCUT2D eigenvalue weighted by Crippen LogP contribution is 2.30. The van der Waals surface area contributed by atoms with Crippen molar-refractivity contribution in [3.05, 3.63) is 23.8 Å². The molecule has 0 aliphatic heterocycles. The first kappa shape index (κ1) is 34.7. The van der Waals surface area contributed by atoms with E-state index in [2.05, 4.69) is 5.32 Å². The Kier molecular flexibility index (Phi) is 13.4. The Morgan fingerprint density at radius 3 is 1.85 bits per heavy atom. The monoisotopic (exact) mass is 567 g/mol. The van der Waals surface area contributed by atoms with Crippen LogP contribution in [0.25, 0.3) is 0 Å². The minimum absolute atomic E-state index is 0.00978. The molecule has 0 fully saturated rings. The van der Waals surface area contributed by atoms with E-state index in [1.165, 1.54) is 12.1 Å². The molecular weight excluding hydrogens is 522 g/mol. The average molecular weight is 568 g/mol. The molecule has 1 unspecified atom stereocenters. The Morgan fingerprint density at radius 1 is 0.850 bits per heavy atom. The minimum Gasteiger partial charge on any atom is -0.480 e. The van der Waals surface area contributed by atoms with E-state index < -0.39 is 30.4 Å². The van der Waals surface area contributed by atoms with Gasteiger partial charge in [0.1, 0.15) is 12.1 Å². The molecule has 0 spiro atoms. The average Bonchev–Trinajstić information content (AvgIpc) is 2.79. The normalized spacial score (nSPS) is 13.2. The molecular formula is C29H45NO10. The zero-order chi connectivity index (χ0) is 30.7. The Hall–Kier alpha value is -3.34. The Morgan fingerprint density at radius 2 is 1.38 bits per heavy atom. The number of rotatable bonds is 13. The van der Waals surface area contributed by atoms with Gasteiger partial charge in [0.05, 0.1) is 13.2 Å². The lowest BCUT2D eigenvalue weighted by Crippen LogP contribution is -2.42. The summed E-state index contributed by atoms with van der Waals surface area (Å²) in [6, 6.07) is 3.28. The number of hydrogen-bond acceptors (Lipinski definition) is 10. The van der Waals surface area contributed by atoms with Crippen molar-refractivity contribution >= 4 is 24.2 Å². The quantitative estimate of drug-likeness (QED) is 0.180. The lowest BCUT2D eigenvalue weighted by molar-refractivity contribution is -0.149. The van der Waals surface area contributed by atoms with E-state index >= 15 is 0 Å². The van der Waals surface area contributed by atoms with E-state index in [1.807, 2.05) is 55.4 Å². The molecule has 1 aromatic rings. The van der Waals surface area contributed by atoms with E-state index in [4.69, 9.17) is 23.7 Å². The highest BCUT2D eigenvalue weighted by molar-refractivity contribution is 5.74. The summed E-state index contributed by atoms with van der Waals surface area (Å²) in [5, 5.41) is 12.6. The van der Waals surface area contributed by atoms with Crippen molar-refractivity contribution in [3.63, 3.8) is 0 Å². The van der Waals surface area contributed by atoms with Gasteiger partial charge in [0.15, 0.2) is 11.5 Å². The van der Waals surface area contributed by atoms with Crippen molar-refractivity contribution < 1.29 is 48.0 Å². The molecule has 0 saturated heterocycles. The number of carbonyl (C=O) groups excluding carboxylic acids is 3. The van der Waals surface area contributed by atoms with Gasteiger partial charge in [-0.15, -0.1) is 0 Å². The molecule has 0 aliphatic carbocycles. The second-order valence-corrected chi connectivity index (χ2v) is 12.6. The summed E-state index contributed by atoms with van der Waals surface area (Å²) in [5.74, 6) is -1.56. The molecule has 0 bridgehead atoms. The number of nitrogens with one attached hydrogen (secondary N) is 1. The maximum atomic E-state index is 12.4. The number of aliphatic carboxylic acids is 1. The van der Waals surface area contributed by atoms with Gasteiger partial charge in [-0.2, -0.15) is 0 Å². The standard InChI is InChI=1S/C29H45NO10/c1-18(2)12-24(31)38-19(3)15-30-21(25(32)33)13-20-10-11-22(39-26(34)36-16-28(4,5)6)23(14-20)40-27(35)37-17-29(7,8)9/h10-11,14,18-19,21,30H,12-13,15-17H2,1-9H3,(H,32,33)/t19?,21-/m0/s1. The van der Waals surface area contributed by atoms with Crippen LogP contribution in [0.1, 0.15) is 74.3 Å². The fraction of sp³-hybridized carbons (Fsp3) is 0.655. The van der Waals surface area contributed by atoms with Gasteiger partial charge in [0, 0.05) is 13.0 Å². The van der Waals surface area contributed by atoms with E-state index in [0.717, 1.165) is 0 Å². The topological polar surface area (TPSA) is 147 Å². The predicted molar refractivity (Wildman–Crippen MR) is 147 cm³/mol. The fourth-order valence-corrected chi connectivity index (χ4v) is 3.07. The maximum absolute atomic E-state index is 12.4. The van der Waals surface area contributed by atoms with E-state index in [0.29, 0.717) is 5.56 Å². The van der Waals surface area contributed by atoms with Crippen LogP contribution in [0.15, 0.2) is 18.2 Å². The van der Waals surface area contributed by atoms with Crippen LogP contribution in [0.5, 0.6) is 11.5 Å². The zero-order valence-corrected chi connectivity index (χ0v) is 25.1. The Labute approximate surface area is 236 Å². The van der Waals surface area contributed by atoms with Crippen LogP contribution in [0.3, 0.4) is 0 Å². The lowest BCUT2D eigenvalue weighted by Gasteiger charge is -2.20. The van der Waals surface area contributed by atoms with E-state index in [1.54, 1.807) is 13.0 Å². The first-order valence-corrected chi connectivity index (χ1v) is 13.3. The van der Waals surface area contributed by atoms with Crippen LogP contribution in [-0.2, 0) is 30.2 Å². The van der Waals surface area contributed by atoms with Crippen molar-refractivity contribution in [3.8, 4) is 11.5 Å². The molecule has 0 radical (unpaired) electrons. The molecule has 226 valence electrons. The molecule has 2 atom stereocenters. The molecule has 1 rings (SSSR count). The fourth-order valence-electron chi connectivity index (χ4n) is 3.07. The van der Waals surface area contributed by atoms with Gasteiger partial charge in [-0.3, -0.25) is 9.59 Å². The third-order valence-electron chi connectivity index (χ3n) is 4.94. The van der Waals surface area contributed by atoms with Crippen molar-refractivity contribution in [2.24, 2.45) is 16.7 Å². The second kappa shape index (κ2) is 15.4. The molecule has 0 heterocycles. The maximum Gasteiger partial charge on any atom is 0.513 e. The Balaban J connectivity index is 3.03. The summed E-state index contributed by atoms with van der Waals surface area (Å²) in [7, 11) is 0. The summed E-state index contributed by atoms with van der Waals surface area (Å²) in [4.78, 5) is 48.4. The van der Waals surface area contributed by atoms with Crippen LogP contribution in [-0.4, -0.2) is 61.3 Å². The van der Waals surface area contributed by atoms with Gasteiger partial charge in [0.2, 0.25) is 0 Å². The molecule has 11 heteroatoms. The third kappa shape index (κ3) is 15.3. The Bertz CT molecular complexity index is 1010. The van der Waals surface area contributed by atoms with E-state index in [9.17, 15) is 24.3 Å². The molecule has 0 saturated carbocycles. The number of carbonyl (C=O) groups is 4. The lowest BCUT2D eigenvalue weighted by atomic mass is 9.99. The molecule has 40 heavy (non-hydrogen) atoms. The van der Waals surface area contributed by atoms with Crippen molar-refractivity contribution in [1.29, 1.82) is 0 Å². The molecule has 0 aliphatic rings. The van der Waals surface area contributed by atoms with Crippen molar-refractivity contribution in [1.82, 2.24) is 5.32 Å². The highest BCUT2D eigenvalue weighted by Gasteiger charge is 2.24.